The number of rotatable bonds is 5. The van der Waals surface area contributed by atoms with E-state index in [-0.39, 0.29) is 11.5 Å². The molecule has 0 saturated heterocycles. The predicted octanol–water partition coefficient (Wildman–Crippen LogP) is 4.96. The number of Topliss-reactive ketones (excluding diaryl/α,β-unsaturated/α-hetero) is 1. The van der Waals surface area contributed by atoms with Crippen molar-refractivity contribution in [2.45, 2.75) is 13.3 Å². The molecule has 2 aromatic carbocycles. The zero-order chi connectivity index (χ0) is 23.1. The van der Waals surface area contributed by atoms with Gasteiger partial charge in [-0.3, -0.25) is 10.1 Å². The summed E-state index contributed by atoms with van der Waals surface area (Å²) in [5.74, 6) is -0.570. The molecular weight excluding hydrogens is 422 g/mol. The molecule has 0 spiro atoms. The standard InChI is InChI=1S/C25H25N3O3S/c1-16-9-11-17(12-10-16)15-20-19(23(29)18-7-5-4-6-8-18)13-14-21(22(20)26)27-24(32-3)28-25(30)31-2/h4-14,20,26H,15H2,1-3H3,(H,27,28,30). The summed E-state index contributed by atoms with van der Waals surface area (Å²) in [6.07, 6.45) is 5.02. The average Bonchev–Trinajstić information content (AvgIpc) is 2.82. The molecule has 32 heavy (non-hydrogen) atoms. The molecule has 1 aliphatic rings. The number of amides is 1. The number of aryl methyl sites for hydroxylation is 1. The minimum absolute atomic E-state index is 0.107. The largest absolute Gasteiger partial charge is 0.453 e. The van der Waals surface area contributed by atoms with E-state index in [9.17, 15) is 9.59 Å². The maximum absolute atomic E-state index is 13.3. The molecule has 2 N–H and O–H groups in total. The van der Waals surface area contributed by atoms with E-state index in [2.05, 4.69) is 15.0 Å². The molecule has 0 heterocycles. The van der Waals surface area contributed by atoms with Gasteiger partial charge in [-0.05, 0) is 31.2 Å². The summed E-state index contributed by atoms with van der Waals surface area (Å²) < 4.78 is 4.63. The van der Waals surface area contributed by atoms with Crippen molar-refractivity contribution in [1.82, 2.24) is 5.32 Å². The monoisotopic (exact) mass is 447 g/mol. The Hall–Kier alpha value is -3.45. The molecule has 2 aromatic rings. The number of carbonyl (C=O) groups excluding carboxylic acids is 2. The highest BCUT2D eigenvalue weighted by molar-refractivity contribution is 8.13. The number of nitrogens with one attached hydrogen (secondary N) is 2. The van der Waals surface area contributed by atoms with E-state index in [1.165, 1.54) is 18.9 Å². The van der Waals surface area contributed by atoms with Gasteiger partial charge in [0.25, 0.3) is 0 Å². The first-order valence-electron chi connectivity index (χ1n) is 10.1. The Balaban J connectivity index is 1.99. The van der Waals surface area contributed by atoms with Gasteiger partial charge in [-0.15, -0.1) is 0 Å². The summed E-state index contributed by atoms with van der Waals surface area (Å²) in [5.41, 5.74) is 3.93. The van der Waals surface area contributed by atoms with Crippen LogP contribution in [0.1, 0.15) is 21.5 Å². The molecule has 1 aliphatic carbocycles. The molecule has 0 fully saturated rings. The number of benzene rings is 2. The topological polar surface area (TPSA) is 91.6 Å². The molecule has 0 aliphatic heterocycles. The van der Waals surface area contributed by atoms with Crippen LogP contribution in [-0.4, -0.2) is 36.1 Å². The summed E-state index contributed by atoms with van der Waals surface area (Å²) >= 11 is 1.23. The van der Waals surface area contributed by atoms with Crippen LogP contribution in [0.5, 0.6) is 0 Å². The zero-order valence-corrected chi connectivity index (χ0v) is 19.0. The van der Waals surface area contributed by atoms with Crippen LogP contribution in [0.15, 0.2) is 83.0 Å². The van der Waals surface area contributed by atoms with Gasteiger partial charge in [0.2, 0.25) is 0 Å². The number of allylic oxidation sites excluding steroid dienone is 4. The van der Waals surface area contributed by atoms with Gasteiger partial charge in [0.15, 0.2) is 11.0 Å². The fraction of sp³-hybridized carbons (Fsp3) is 0.200. The van der Waals surface area contributed by atoms with Crippen molar-refractivity contribution in [1.29, 1.82) is 5.41 Å². The molecule has 164 valence electrons. The van der Waals surface area contributed by atoms with Gasteiger partial charge in [-0.25, -0.2) is 9.79 Å². The van der Waals surface area contributed by atoms with E-state index in [1.807, 2.05) is 49.4 Å². The third-order valence-corrected chi connectivity index (χ3v) is 5.67. The van der Waals surface area contributed by atoms with Crippen LogP contribution in [0.2, 0.25) is 0 Å². The number of alkyl carbamates (subject to hydrolysis) is 1. The summed E-state index contributed by atoms with van der Waals surface area (Å²) in [5, 5.41) is 11.7. The van der Waals surface area contributed by atoms with Crippen molar-refractivity contribution in [3.8, 4) is 0 Å². The second-order valence-corrected chi connectivity index (χ2v) is 8.06. The Morgan fingerprint density at radius 1 is 1.09 bits per heavy atom. The van der Waals surface area contributed by atoms with Gasteiger partial charge in [0, 0.05) is 17.1 Å². The van der Waals surface area contributed by atoms with Crippen LogP contribution in [0.4, 0.5) is 4.79 Å². The normalized spacial score (nSPS) is 16.2. The van der Waals surface area contributed by atoms with E-state index in [4.69, 9.17) is 5.41 Å². The van der Waals surface area contributed by atoms with Gasteiger partial charge in [-0.1, -0.05) is 78.0 Å². The van der Waals surface area contributed by atoms with Crippen LogP contribution in [0, 0.1) is 18.3 Å². The Bertz CT molecular complexity index is 1100. The van der Waals surface area contributed by atoms with Crippen molar-refractivity contribution in [3.05, 3.63) is 94.7 Å². The number of ketones is 1. The molecule has 1 amide bonds. The average molecular weight is 448 g/mol. The van der Waals surface area contributed by atoms with Crippen molar-refractivity contribution in [2.75, 3.05) is 13.4 Å². The smallest absolute Gasteiger partial charge is 0.412 e. The highest BCUT2D eigenvalue weighted by Crippen LogP contribution is 2.30. The number of hydrogen-bond donors (Lipinski definition) is 2. The Labute approximate surface area is 192 Å². The van der Waals surface area contributed by atoms with Gasteiger partial charge in [-0.2, -0.15) is 0 Å². The molecule has 3 rings (SSSR count). The van der Waals surface area contributed by atoms with Crippen LogP contribution in [0.25, 0.3) is 0 Å². The SMILES string of the molecule is COC(=O)NC(=NC1=CC=C(C(=O)c2ccccc2)C(Cc2ccc(C)cc2)C1=N)SC. The summed E-state index contributed by atoms with van der Waals surface area (Å²) in [7, 11) is 1.27. The Kier molecular flexibility index (Phi) is 7.78. The number of methoxy groups -OCH3 is 1. The number of hydrogen-bond acceptors (Lipinski definition) is 6. The number of nitrogens with zero attached hydrogens (tertiary/aromatic N) is 1. The first-order valence-corrected chi connectivity index (χ1v) is 11.3. The van der Waals surface area contributed by atoms with Crippen LogP contribution in [-0.2, 0) is 11.2 Å². The molecule has 1 atom stereocenters. The lowest BCUT2D eigenvalue weighted by molar-refractivity contribution is 0.102. The highest BCUT2D eigenvalue weighted by atomic mass is 32.2. The van der Waals surface area contributed by atoms with Crippen LogP contribution < -0.4 is 5.32 Å². The minimum Gasteiger partial charge on any atom is -0.453 e. The van der Waals surface area contributed by atoms with Gasteiger partial charge in [0.05, 0.1) is 18.5 Å². The number of amidine groups is 1. The number of aliphatic imine (C=N–C) groups is 1. The van der Waals surface area contributed by atoms with Gasteiger partial charge < -0.3 is 10.1 Å². The van der Waals surface area contributed by atoms with Crippen molar-refractivity contribution in [2.24, 2.45) is 10.9 Å². The summed E-state index contributed by atoms with van der Waals surface area (Å²) in [6.45, 7) is 2.02. The number of ether oxygens (including phenoxy) is 1. The highest BCUT2D eigenvalue weighted by Gasteiger charge is 2.30. The fourth-order valence-electron chi connectivity index (χ4n) is 3.34. The summed E-state index contributed by atoms with van der Waals surface area (Å²) in [4.78, 5) is 29.3. The molecule has 0 saturated carbocycles. The molecule has 0 radical (unpaired) electrons. The Morgan fingerprint density at radius 2 is 1.78 bits per heavy atom. The van der Waals surface area contributed by atoms with E-state index < -0.39 is 12.0 Å². The van der Waals surface area contributed by atoms with Gasteiger partial charge in [0.1, 0.15) is 0 Å². The quantitative estimate of drug-likeness (QED) is 0.385. The lowest BCUT2D eigenvalue weighted by Gasteiger charge is -2.24. The van der Waals surface area contributed by atoms with E-state index in [1.54, 1.807) is 30.5 Å². The van der Waals surface area contributed by atoms with E-state index >= 15 is 0 Å². The third kappa shape index (κ3) is 5.62. The van der Waals surface area contributed by atoms with Crippen molar-refractivity contribution >= 4 is 34.5 Å². The van der Waals surface area contributed by atoms with E-state index in [0.717, 1.165) is 11.1 Å². The first kappa shape index (κ1) is 23.2. The molecule has 6 nitrogen and oxygen atoms in total. The lowest BCUT2D eigenvalue weighted by Crippen LogP contribution is -2.30. The zero-order valence-electron chi connectivity index (χ0n) is 18.2. The van der Waals surface area contributed by atoms with E-state index in [0.29, 0.717) is 28.4 Å². The lowest BCUT2D eigenvalue weighted by atomic mass is 9.80. The van der Waals surface area contributed by atoms with Crippen molar-refractivity contribution < 1.29 is 14.3 Å². The fourth-order valence-corrected chi connectivity index (χ4v) is 3.72. The van der Waals surface area contributed by atoms with Crippen molar-refractivity contribution in [3.63, 3.8) is 0 Å². The summed E-state index contributed by atoms with van der Waals surface area (Å²) in [6, 6.07) is 17.1. The molecule has 0 bridgehead atoms. The minimum atomic E-state index is -0.632. The predicted molar refractivity (Wildman–Crippen MR) is 130 cm³/mol. The molecular formula is C25H25N3O3S. The number of carbonyl (C=O) groups is 2. The molecule has 0 aromatic heterocycles. The maximum Gasteiger partial charge on any atom is 0.412 e. The van der Waals surface area contributed by atoms with Crippen LogP contribution >= 0.6 is 11.8 Å². The molecule has 1 unspecified atom stereocenters. The maximum atomic E-state index is 13.3. The van der Waals surface area contributed by atoms with Crippen LogP contribution in [0.3, 0.4) is 0 Å². The first-order chi connectivity index (χ1) is 15.4. The second-order valence-electron chi connectivity index (χ2n) is 7.26. The second kappa shape index (κ2) is 10.7. The van der Waals surface area contributed by atoms with Gasteiger partial charge >= 0.3 is 6.09 Å². The Morgan fingerprint density at radius 3 is 2.41 bits per heavy atom. The molecule has 7 heteroatoms. The third-order valence-electron chi connectivity index (χ3n) is 5.09. The number of thioether (sulfide) groups is 1.